The number of aromatic nitrogens is 4. The molecular weight excluding hydrogens is 354 g/mol. The number of rotatable bonds is 6. The van der Waals surface area contributed by atoms with E-state index >= 15 is 0 Å². The summed E-state index contributed by atoms with van der Waals surface area (Å²) >= 11 is 1.54. The minimum absolute atomic E-state index is 0.169. The molecule has 1 amide bonds. The van der Waals surface area contributed by atoms with Crippen LogP contribution in [-0.4, -0.2) is 32.0 Å². The van der Waals surface area contributed by atoms with Gasteiger partial charge in [0, 0.05) is 18.7 Å². The van der Waals surface area contributed by atoms with Gasteiger partial charge in [0.25, 0.3) is 11.1 Å². The highest BCUT2D eigenvalue weighted by Gasteiger charge is 2.07. The highest BCUT2D eigenvalue weighted by atomic mass is 32.1. The molecule has 0 atom stereocenters. The van der Waals surface area contributed by atoms with E-state index in [-0.39, 0.29) is 36.7 Å². The van der Waals surface area contributed by atoms with Crippen molar-refractivity contribution in [3.63, 3.8) is 0 Å². The van der Waals surface area contributed by atoms with E-state index in [1.807, 2.05) is 17.5 Å². The fourth-order valence-electron chi connectivity index (χ4n) is 2.32. The number of nitrogens with zero attached hydrogens (tertiary/aromatic N) is 4. The van der Waals surface area contributed by atoms with E-state index in [1.54, 1.807) is 19.1 Å². The van der Waals surface area contributed by atoms with Crippen LogP contribution >= 0.6 is 11.3 Å². The monoisotopic (exact) mass is 371 g/mol. The predicted octanol–water partition coefficient (Wildman–Crippen LogP) is 0.653. The Balaban J connectivity index is 1.60. The van der Waals surface area contributed by atoms with Crippen LogP contribution in [0, 0.1) is 6.92 Å². The van der Waals surface area contributed by atoms with Crippen LogP contribution in [-0.2, 0) is 17.9 Å². The van der Waals surface area contributed by atoms with Crippen molar-refractivity contribution in [1.29, 1.82) is 0 Å². The molecular formula is C17H17N5O3S. The quantitative estimate of drug-likeness (QED) is 0.686. The molecule has 0 aliphatic rings. The van der Waals surface area contributed by atoms with Crippen molar-refractivity contribution < 1.29 is 4.79 Å². The van der Waals surface area contributed by atoms with Gasteiger partial charge in [-0.15, -0.1) is 11.3 Å². The van der Waals surface area contributed by atoms with Gasteiger partial charge in [0.2, 0.25) is 5.91 Å². The molecule has 0 aliphatic heterocycles. The van der Waals surface area contributed by atoms with E-state index in [9.17, 15) is 14.4 Å². The third-order valence-corrected chi connectivity index (χ3v) is 4.47. The van der Waals surface area contributed by atoms with Gasteiger partial charge in [0.1, 0.15) is 12.2 Å². The first-order valence-electron chi connectivity index (χ1n) is 7.96. The Labute approximate surface area is 152 Å². The zero-order valence-electron chi connectivity index (χ0n) is 14.1. The van der Waals surface area contributed by atoms with Gasteiger partial charge in [0.05, 0.1) is 17.1 Å². The number of thiophene rings is 1. The Morgan fingerprint density at radius 1 is 1.08 bits per heavy atom. The van der Waals surface area contributed by atoms with Crippen LogP contribution in [0.15, 0.2) is 51.4 Å². The van der Waals surface area contributed by atoms with Gasteiger partial charge in [-0.05, 0) is 30.5 Å². The van der Waals surface area contributed by atoms with Crippen LogP contribution in [0.25, 0.3) is 10.6 Å². The molecule has 3 aromatic heterocycles. The first kappa shape index (κ1) is 17.7. The van der Waals surface area contributed by atoms with Crippen molar-refractivity contribution in [1.82, 2.24) is 24.9 Å². The van der Waals surface area contributed by atoms with Gasteiger partial charge in [-0.25, -0.2) is 9.36 Å². The van der Waals surface area contributed by atoms with Crippen molar-refractivity contribution in [3.8, 4) is 10.6 Å². The second-order valence-electron chi connectivity index (χ2n) is 5.58. The molecule has 134 valence electrons. The number of carbonyl (C=O) groups is 1. The number of nitrogens with one attached hydrogen (secondary N) is 1. The summed E-state index contributed by atoms with van der Waals surface area (Å²) in [7, 11) is 0. The summed E-state index contributed by atoms with van der Waals surface area (Å²) in [4.78, 5) is 36.5. The highest BCUT2D eigenvalue weighted by Crippen LogP contribution is 2.20. The molecule has 0 bridgehead atoms. The molecule has 9 heteroatoms. The Morgan fingerprint density at radius 2 is 1.85 bits per heavy atom. The molecule has 3 aromatic rings. The fraction of sp³-hybridized carbons (Fsp3) is 0.235. The lowest BCUT2D eigenvalue weighted by Gasteiger charge is -2.09. The third-order valence-electron chi connectivity index (χ3n) is 3.58. The lowest BCUT2D eigenvalue weighted by molar-refractivity contribution is -0.121. The standard InChI is InChI=1S/C17H17N5O3S/c1-12-4-6-17(25)22(19-12)11-15(23)18-8-9-21-16(24)7-5-13(20-21)14-3-2-10-26-14/h2-7,10H,8-9,11H2,1H3,(H,18,23). The SMILES string of the molecule is Cc1ccc(=O)n(CC(=O)NCCn2nc(-c3cccs3)ccc2=O)n1. The molecule has 8 nitrogen and oxygen atoms in total. The maximum Gasteiger partial charge on any atom is 0.267 e. The molecule has 0 unspecified atom stereocenters. The zero-order valence-corrected chi connectivity index (χ0v) is 14.9. The van der Waals surface area contributed by atoms with Crippen LogP contribution in [0.3, 0.4) is 0 Å². The minimum atomic E-state index is -0.354. The van der Waals surface area contributed by atoms with Crippen LogP contribution < -0.4 is 16.4 Å². The van der Waals surface area contributed by atoms with Gasteiger partial charge < -0.3 is 5.32 Å². The van der Waals surface area contributed by atoms with E-state index in [1.165, 1.54) is 28.2 Å². The van der Waals surface area contributed by atoms with Crippen LogP contribution in [0.2, 0.25) is 0 Å². The van der Waals surface area contributed by atoms with Gasteiger partial charge in [-0.2, -0.15) is 10.2 Å². The van der Waals surface area contributed by atoms with Crippen molar-refractivity contribution in [3.05, 3.63) is 68.2 Å². The number of hydrogen-bond donors (Lipinski definition) is 1. The predicted molar refractivity (Wildman–Crippen MR) is 98.1 cm³/mol. The normalized spacial score (nSPS) is 10.7. The van der Waals surface area contributed by atoms with Gasteiger partial charge in [-0.1, -0.05) is 6.07 Å². The molecule has 3 rings (SSSR count). The zero-order chi connectivity index (χ0) is 18.5. The second kappa shape index (κ2) is 7.87. The van der Waals surface area contributed by atoms with Crippen molar-refractivity contribution in [2.75, 3.05) is 6.54 Å². The number of amides is 1. The van der Waals surface area contributed by atoms with E-state index in [0.717, 1.165) is 9.56 Å². The third kappa shape index (κ3) is 4.31. The Morgan fingerprint density at radius 3 is 2.62 bits per heavy atom. The largest absolute Gasteiger partial charge is 0.353 e. The summed E-state index contributed by atoms with van der Waals surface area (Å²) in [5.74, 6) is -0.354. The lowest BCUT2D eigenvalue weighted by Crippen LogP contribution is -2.36. The Bertz CT molecular complexity index is 1020. The molecule has 0 aliphatic carbocycles. The van der Waals surface area contributed by atoms with Crippen LogP contribution in [0.5, 0.6) is 0 Å². The molecule has 26 heavy (non-hydrogen) atoms. The number of carbonyl (C=O) groups excluding carboxylic acids is 1. The topological polar surface area (TPSA) is 98.9 Å². The molecule has 1 N–H and O–H groups in total. The average molecular weight is 371 g/mol. The Hall–Kier alpha value is -3.07. The molecule has 3 heterocycles. The molecule has 0 radical (unpaired) electrons. The molecule has 0 aromatic carbocycles. The Kier molecular flexibility index (Phi) is 5.37. The van der Waals surface area contributed by atoms with E-state index in [0.29, 0.717) is 11.4 Å². The fourth-order valence-corrected chi connectivity index (χ4v) is 3.01. The van der Waals surface area contributed by atoms with Crippen molar-refractivity contribution >= 4 is 17.2 Å². The molecule has 0 spiro atoms. The van der Waals surface area contributed by atoms with E-state index < -0.39 is 0 Å². The minimum Gasteiger partial charge on any atom is -0.353 e. The lowest BCUT2D eigenvalue weighted by atomic mass is 10.3. The summed E-state index contributed by atoms with van der Waals surface area (Å²) < 4.78 is 2.42. The number of aryl methyl sites for hydroxylation is 1. The second-order valence-corrected chi connectivity index (χ2v) is 6.53. The molecule has 0 fully saturated rings. The van der Waals surface area contributed by atoms with Gasteiger partial charge >= 0.3 is 0 Å². The summed E-state index contributed by atoms with van der Waals surface area (Å²) in [6.07, 6.45) is 0. The first-order valence-corrected chi connectivity index (χ1v) is 8.84. The maximum atomic E-state index is 12.0. The average Bonchev–Trinajstić information content (AvgIpc) is 3.14. The van der Waals surface area contributed by atoms with Crippen LogP contribution in [0.1, 0.15) is 5.69 Å². The highest BCUT2D eigenvalue weighted by molar-refractivity contribution is 7.13. The van der Waals surface area contributed by atoms with Crippen molar-refractivity contribution in [2.45, 2.75) is 20.0 Å². The first-order chi connectivity index (χ1) is 12.5. The van der Waals surface area contributed by atoms with Gasteiger partial charge in [0.15, 0.2) is 0 Å². The van der Waals surface area contributed by atoms with E-state index in [2.05, 4.69) is 15.5 Å². The molecule has 0 saturated heterocycles. The summed E-state index contributed by atoms with van der Waals surface area (Å²) in [5.41, 5.74) is 0.781. The summed E-state index contributed by atoms with van der Waals surface area (Å²) in [6.45, 7) is 2.03. The van der Waals surface area contributed by atoms with Gasteiger partial charge in [-0.3, -0.25) is 14.4 Å². The van der Waals surface area contributed by atoms with Crippen molar-refractivity contribution in [2.24, 2.45) is 0 Å². The number of hydrogen-bond acceptors (Lipinski definition) is 6. The summed E-state index contributed by atoms with van der Waals surface area (Å²) in [5, 5.41) is 12.9. The van der Waals surface area contributed by atoms with E-state index in [4.69, 9.17) is 0 Å². The van der Waals surface area contributed by atoms with Crippen LogP contribution in [0.4, 0.5) is 0 Å². The molecule has 0 saturated carbocycles. The maximum absolute atomic E-state index is 12.0. The smallest absolute Gasteiger partial charge is 0.267 e. The summed E-state index contributed by atoms with van der Waals surface area (Å²) in [6, 6.07) is 9.94.